The number of fused-ring (bicyclic) bond motifs is 1. The molecule has 0 bridgehead atoms. The summed E-state index contributed by atoms with van der Waals surface area (Å²) in [6, 6.07) is 18.5. The Morgan fingerprint density at radius 2 is 1.89 bits per heavy atom. The Morgan fingerprint density at radius 3 is 2.67 bits per heavy atom. The molecule has 0 saturated heterocycles. The lowest BCUT2D eigenvalue weighted by Crippen LogP contribution is -2.39. The summed E-state index contributed by atoms with van der Waals surface area (Å²) in [6.07, 6.45) is 2.29. The highest BCUT2D eigenvalue weighted by molar-refractivity contribution is 5.95. The van der Waals surface area contributed by atoms with Gasteiger partial charge in [-0.05, 0) is 30.0 Å². The number of carbonyl (C=O) groups excluding carboxylic acids is 1. The van der Waals surface area contributed by atoms with E-state index in [-0.39, 0.29) is 5.91 Å². The lowest BCUT2D eigenvalue weighted by atomic mass is 10.2. The average molecular weight is 364 g/mol. The van der Waals surface area contributed by atoms with E-state index >= 15 is 0 Å². The molecular formula is C22H28N4O. The Labute approximate surface area is 161 Å². The molecule has 3 rings (SSSR count). The molecular weight excluding hydrogens is 336 g/mol. The van der Waals surface area contributed by atoms with Crippen LogP contribution in [-0.2, 0) is 17.8 Å². The predicted molar refractivity (Wildman–Crippen MR) is 111 cm³/mol. The predicted octanol–water partition coefficient (Wildman–Crippen LogP) is 3.06. The summed E-state index contributed by atoms with van der Waals surface area (Å²) in [4.78, 5) is 20.9. The molecule has 27 heavy (non-hydrogen) atoms. The molecule has 5 heteroatoms. The third kappa shape index (κ3) is 4.88. The monoisotopic (exact) mass is 364 g/mol. The molecule has 1 N–H and O–H groups in total. The third-order valence-electron chi connectivity index (χ3n) is 4.87. The van der Waals surface area contributed by atoms with Crippen molar-refractivity contribution in [2.24, 2.45) is 4.99 Å². The Kier molecular flexibility index (Phi) is 6.47. The summed E-state index contributed by atoms with van der Waals surface area (Å²) in [5.74, 6) is 1.05. The summed E-state index contributed by atoms with van der Waals surface area (Å²) in [6.45, 7) is 2.32. The summed E-state index contributed by atoms with van der Waals surface area (Å²) < 4.78 is 0. The number of aliphatic imine (C=N–C) groups is 1. The summed E-state index contributed by atoms with van der Waals surface area (Å²) in [5, 5.41) is 3.36. The van der Waals surface area contributed by atoms with Gasteiger partial charge in [0, 0.05) is 45.8 Å². The van der Waals surface area contributed by atoms with Gasteiger partial charge in [-0.25, -0.2) is 0 Å². The van der Waals surface area contributed by atoms with Gasteiger partial charge in [0.25, 0.3) is 0 Å². The molecule has 0 unspecified atom stereocenters. The summed E-state index contributed by atoms with van der Waals surface area (Å²) in [5.41, 5.74) is 3.59. The highest BCUT2D eigenvalue weighted by Gasteiger charge is 2.23. The van der Waals surface area contributed by atoms with Crippen molar-refractivity contribution in [3.8, 4) is 0 Å². The zero-order chi connectivity index (χ0) is 19.1. The van der Waals surface area contributed by atoms with E-state index < -0.39 is 0 Å². The number of rotatable bonds is 6. The molecule has 0 aromatic heterocycles. The molecule has 0 radical (unpaired) electrons. The molecule has 1 amide bonds. The van der Waals surface area contributed by atoms with Crippen molar-refractivity contribution in [1.29, 1.82) is 0 Å². The van der Waals surface area contributed by atoms with Gasteiger partial charge < -0.3 is 15.1 Å². The van der Waals surface area contributed by atoms with Crippen LogP contribution >= 0.6 is 0 Å². The second kappa shape index (κ2) is 9.21. The van der Waals surface area contributed by atoms with E-state index in [2.05, 4.69) is 33.4 Å². The standard InChI is InChI=1S/C22H28N4O/c1-23-22(25(2)17-18-9-4-3-5-10-18)24-15-8-13-21(27)26-16-14-19-11-6-7-12-20(19)26/h3-7,9-12H,8,13-17H2,1-2H3,(H,23,24). The zero-order valence-electron chi connectivity index (χ0n) is 16.2. The largest absolute Gasteiger partial charge is 0.356 e. The number of para-hydroxylation sites is 1. The molecule has 2 aromatic rings. The van der Waals surface area contributed by atoms with E-state index in [0.29, 0.717) is 6.42 Å². The number of nitrogens with zero attached hydrogens (tertiary/aromatic N) is 3. The van der Waals surface area contributed by atoms with Crippen LogP contribution < -0.4 is 10.2 Å². The number of amides is 1. The van der Waals surface area contributed by atoms with E-state index in [1.165, 1.54) is 11.1 Å². The first-order valence-electron chi connectivity index (χ1n) is 9.53. The van der Waals surface area contributed by atoms with Gasteiger partial charge in [-0.1, -0.05) is 48.5 Å². The fourth-order valence-electron chi connectivity index (χ4n) is 3.49. The molecule has 0 spiro atoms. The van der Waals surface area contributed by atoms with Crippen LogP contribution in [0.3, 0.4) is 0 Å². The maximum Gasteiger partial charge on any atom is 0.227 e. The Morgan fingerprint density at radius 1 is 1.15 bits per heavy atom. The van der Waals surface area contributed by atoms with Gasteiger partial charge in [0.2, 0.25) is 5.91 Å². The number of hydrogen-bond donors (Lipinski definition) is 1. The highest BCUT2D eigenvalue weighted by atomic mass is 16.2. The number of guanidine groups is 1. The molecule has 0 atom stereocenters. The Bertz CT molecular complexity index is 788. The van der Waals surface area contributed by atoms with E-state index in [9.17, 15) is 4.79 Å². The van der Waals surface area contributed by atoms with Crippen molar-refractivity contribution in [2.45, 2.75) is 25.8 Å². The molecule has 2 aromatic carbocycles. The normalized spacial score (nSPS) is 13.4. The van der Waals surface area contributed by atoms with Crippen molar-refractivity contribution in [3.63, 3.8) is 0 Å². The van der Waals surface area contributed by atoms with Gasteiger partial charge >= 0.3 is 0 Å². The van der Waals surface area contributed by atoms with E-state index in [1.807, 2.05) is 48.3 Å². The molecule has 1 aliphatic rings. The van der Waals surface area contributed by atoms with Gasteiger partial charge in [0.15, 0.2) is 5.96 Å². The van der Waals surface area contributed by atoms with Crippen LogP contribution in [0.25, 0.3) is 0 Å². The highest BCUT2D eigenvalue weighted by Crippen LogP contribution is 2.27. The minimum Gasteiger partial charge on any atom is -0.356 e. The third-order valence-corrected chi connectivity index (χ3v) is 4.87. The van der Waals surface area contributed by atoms with Crippen LogP contribution in [0.4, 0.5) is 5.69 Å². The first-order valence-corrected chi connectivity index (χ1v) is 9.53. The average Bonchev–Trinajstić information content (AvgIpc) is 3.13. The van der Waals surface area contributed by atoms with Crippen LogP contribution in [0.5, 0.6) is 0 Å². The first kappa shape index (κ1) is 19.0. The summed E-state index contributed by atoms with van der Waals surface area (Å²) >= 11 is 0. The molecule has 5 nitrogen and oxygen atoms in total. The second-order valence-electron chi connectivity index (χ2n) is 6.84. The van der Waals surface area contributed by atoms with Crippen LogP contribution in [0, 0.1) is 0 Å². The van der Waals surface area contributed by atoms with Crippen molar-refractivity contribution >= 4 is 17.6 Å². The number of hydrogen-bond acceptors (Lipinski definition) is 2. The Hall–Kier alpha value is -2.82. The second-order valence-corrected chi connectivity index (χ2v) is 6.84. The van der Waals surface area contributed by atoms with Crippen molar-refractivity contribution < 1.29 is 4.79 Å². The van der Waals surface area contributed by atoms with Crippen molar-refractivity contribution in [3.05, 3.63) is 65.7 Å². The van der Waals surface area contributed by atoms with E-state index in [4.69, 9.17) is 0 Å². The van der Waals surface area contributed by atoms with Gasteiger partial charge in [-0.2, -0.15) is 0 Å². The Balaban J connectivity index is 1.43. The summed E-state index contributed by atoms with van der Waals surface area (Å²) in [7, 11) is 3.81. The molecule has 1 heterocycles. The minimum absolute atomic E-state index is 0.203. The van der Waals surface area contributed by atoms with Gasteiger partial charge in [0.05, 0.1) is 0 Å². The maximum atomic E-state index is 12.6. The van der Waals surface area contributed by atoms with Crippen LogP contribution in [0.15, 0.2) is 59.6 Å². The molecule has 142 valence electrons. The number of benzene rings is 2. The van der Waals surface area contributed by atoms with Crippen LogP contribution in [-0.4, -0.2) is 44.0 Å². The topological polar surface area (TPSA) is 47.9 Å². The van der Waals surface area contributed by atoms with Crippen LogP contribution in [0.1, 0.15) is 24.0 Å². The van der Waals surface area contributed by atoms with E-state index in [0.717, 1.165) is 44.1 Å². The fourth-order valence-corrected chi connectivity index (χ4v) is 3.49. The molecule has 1 aliphatic heterocycles. The van der Waals surface area contributed by atoms with E-state index in [1.54, 1.807) is 7.05 Å². The quantitative estimate of drug-likeness (QED) is 0.487. The van der Waals surface area contributed by atoms with Crippen molar-refractivity contribution in [1.82, 2.24) is 10.2 Å². The molecule has 0 fully saturated rings. The first-order chi connectivity index (χ1) is 13.2. The molecule has 0 saturated carbocycles. The van der Waals surface area contributed by atoms with Gasteiger partial charge in [-0.3, -0.25) is 9.79 Å². The fraction of sp³-hybridized carbons (Fsp3) is 0.364. The maximum absolute atomic E-state index is 12.6. The van der Waals surface area contributed by atoms with Crippen molar-refractivity contribution in [2.75, 3.05) is 32.1 Å². The number of anilines is 1. The SMILES string of the molecule is CN=C(NCCCC(=O)N1CCc2ccccc21)N(C)Cc1ccccc1. The minimum atomic E-state index is 0.203. The smallest absolute Gasteiger partial charge is 0.227 e. The lowest BCUT2D eigenvalue weighted by molar-refractivity contribution is -0.118. The lowest BCUT2D eigenvalue weighted by Gasteiger charge is -2.22. The van der Waals surface area contributed by atoms with Gasteiger partial charge in [-0.15, -0.1) is 0 Å². The number of nitrogens with one attached hydrogen (secondary N) is 1. The number of carbonyl (C=O) groups is 1. The van der Waals surface area contributed by atoms with Crippen LogP contribution in [0.2, 0.25) is 0 Å². The van der Waals surface area contributed by atoms with Gasteiger partial charge in [0.1, 0.15) is 0 Å². The molecule has 0 aliphatic carbocycles. The zero-order valence-corrected chi connectivity index (χ0v) is 16.2.